The SMILES string of the molecule is CCN(C(=O)CN1C[C@@H]2CCCN[C@@H]2C1)C1CC1. The molecule has 18 heavy (non-hydrogen) atoms. The standard InChI is InChI=1S/C14H25N3O/c1-2-17(12-5-6-12)14(18)10-16-8-11-4-3-7-15-13(11)9-16/h11-13,15H,2-10H2,1H3/t11-,13+/m0/s1. The second-order valence-electron chi connectivity index (χ2n) is 6.07. The van der Waals surface area contributed by atoms with Gasteiger partial charge >= 0.3 is 0 Å². The average Bonchev–Trinajstić information content (AvgIpc) is 3.09. The van der Waals surface area contributed by atoms with Gasteiger partial charge in [-0.25, -0.2) is 0 Å². The van der Waals surface area contributed by atoms with Crippen LogP contribution >= 0.6 is 0 Å². The highest BCUT2D eigenvalue weighted by Crippen LogP contribution is 2.28. The molecular formula is C14H25N3O. The minimum absolute atomic E-state index is 0.346. The van der Waals surface area contributed by atoms with Crippen molar-refractivity contribution in [1.29, 1.82) is 0 Å². The van der Waals surface area contributed by atoms with Crippen LogP contribution in [-0.4, -0.2) is 60.5 Å². The van der Waals surface area contributed by atoms with Gasteiger partial charge in [0.05, 0.1) is 6.54 Å². The number of fused-ring (bicyclic) bond motifs is 1. The van der Waals surface area contributed by atoms with Gasteiger partial charge < -0.3 is 10.2 Å². The molecule has 1 N–H and O–H groups in total. The fourth-order valence-electron chi connectivity index (χ4n) is 3.57. The third kappa shape index (κ3) is 2.54. The van der Waals surface area contributed by atoms with Crippen molar-refractivity contribution in [3.63, 3.8) is 0 Å². The maximum Gasteiger partial charge on any atom is 0.236 e. The van der Waals surface area contributed by atoms with Crippen LogP contribution < -0.4 is 5.32 Å². The van der Waals surface area contributed by atoms with Gasteiger partial charge in [-0.2, -0.15) is 0 Å². The van der Waals surface area contributed by atoms with Gasteiger partial charge in [0, 0.05) is 31.7 Å². The Balaban J connectivity index is 1.52. The van der Waals surface area contributed by atoms with E-state index in [1.54, 1.807) is 0 Å². The number of carbonyl (C=O) groups excluding carboxylic acids is 1. The molecule has 0 aromatic heterocycles. The van der Waals surface area contributed by atoms with E-state index in [0.717, 1.165) is 32.1 Å². The average molecular weight is 251 g/mol. The molecule has 3 aliphatic rings. The van der Waals surface area contributed by atoms with Crippen LogP contribution in [0.25, 0.3) is 0 Å². The summed E-state index contributed by atoms with van der Waals surface area (Å²) in [7, 11) is 0. The Kier molecular flexibility index (Phi) is 3.57. The first-order valence-electron chi connectivity index (χ1n) is 7.53. The third-order valence-electron chi connectivity index (χ3n) is 4.68. The van der Waals surface area contributed by atoms with E-state index < -0.39 is 0 Å². The maximum atomic E-state index is 12.3. The fourth-order valence-corrected chi connectivity index (χ4v) is 3.57. The van der Waals surface area contributed by atoms with Gasteiger partial charge in [-0.15, -0.1) is 0 Å². The molecule has 4 heteroatoms. The molecule has 2 saturated heterocycles. The second-order valence-corrected chi connectivity index (χ2v) is 6.07. The molecule has 1 saturated carbocycles. The molecule has 0 spiro atoms. The Morgan fingerprint density at radius 2 is 2.17 bits per heavy atom. The predicted molar refractivity (Wildman–Crippen MR) is 71.4 cm³/mol. The molecule has 2 aliphatic heterocycles. The van der Waals surface area contributed by atoms with Gasteiger partial charge in [0.15, 0.2) is 0 Å². The summed E-state index contributed by atoms with van der Waals surface area (Å²) in [6.07, 6.45) is 5.06. The smallest absolute Gasteiger partial charge is 0.236 e. The quantitative estimate of drug-likeness (QED) is 0.798. The van der Waals surface area contributed by atoms with E-state index >= 15 is 0 Å². The molecule has 2 heterocycles. The van der Waals surface area contributed by atoms with Crippen molar-refractivity contribution < 1.29 is 4.79 Å². The lowest BCUT2D eigenvalue weighted by molar-refractivity contribution is -0.132. The summed E-state index contributed by atoms with van der Waals surface area (Å²) >= 11 is 0. The zero-order chi connectivity index (χ0) is 12.5. The number of hydrogen-bond donors (Lipinski definition) is 1. The van der Waals surface area contributed by atoms with Crippen molar-refractivity contribution in [3.05, 3.63) is 0 Å². The predicted octanol–water partition coefficient (Wildman–Crippen LogP) is 0.681. The van der Waals surface area contributed by atoms with Crippen LogP contribution in [0.1, 0.15) is 32.6 Å². The number of likely N-dealkylation sites (tertiary alicyclic amines) is 1. The van der Waals surface area contributed by atoms with E-state index in [-0.39, 0.29) is 0 Å². The van der Waals surface area contributed by atoms with Crippen molar-refractivity contribution in [2.24, 2.45) is 5.92 Å². The highest BCUT2D eigenvalue weighted by atomic mass is 16.2. The molecule has 0 unspecified atom stereocenters. The van der Waals surface area contributed by atoms with E-state index in [0.29, 0.717) is 24.5 Å². The van der Waals surface area contributed by atoms with Gasteiger partial charge in [0.2, 0.25) is 5.91 Å². The van der Waals surface area contributed by atoms with Gasteiger partial charge in [0.1, 0.15) is 0 Å². The Hall–Kier alpha value is -0.610. The third-order valence-corrected chi connectivity index (χ3v) is 4.68. The van der Waals surface area contributed by atoms with Gasteiger partial charge in [-0.1, -0.05) is 0 Å². The molecule has 0 aromatic rings. The number of likely N-dealkylation sites (N-methyl/N-ethyl adjacent to an activating group) is 1. The zero-order valence-corrected chi connectivity index (χ0v) is 11.4. The lowest BCUT2D eigenvalue weighted by Gasteiger charge is -2.24. The molecule has 0 bridgehead atoms. The molecule has 1 amide bonds. The van der Waals surface area contributed by atoms with E-state index in [1.807, 2.05) is 0 Å². The van der Waals surface area contributed by atoms with E-state index in [1.165, 1.54) is 25.7 Å². The highest BCUT2D eigenvalue weighted by Gasteiger charge is 2.37. The number of hydrogen-bond acceptors (Lipinski definition) is 3. The summed E-state index contributed by atoms with van der Waals surface area (Å²) in [5.41, 5.74) is 0. The van der Waals surface area contributed by atoms with Crippen LogP contribution in [0.2, 0.25) is 0 Å². The second kappa shape index (κ2) is 5.17. The molecule has 0 radical (unpaired) electrons. The first kappa shape index (κ1) is 12.4. The molecule has 4 nitrogen and oxygen atoms in total. The Morgan fingerprint density at radius 3 is 2.83 bits per heavy atom. The van der Waals surface area contributed by atoms with Crippen LogP contribution in [0.4, 0.5) is 0 Å². The van der Waals surface area contributed by atoms with E-state index in [2.05, 4.69) is 22.0 Å². The van der Waals surface area contributed by atoms with Crippen LogP contribution in [-0.2, 0) is 4.79 Å². The summed E-state index contributed by atoms with van der Waals surface area (Å²) in [5, 5.41) is 3.60. The van der Waals surface area contributed by atoms with Crippen molar-refractivity contribution in [3.8, 4) is 0 Å². The zero-order valence-electron chi connectivity index (χ0n) is 11.4. The lowest BCUT2D eigenvalue weighted by atomic mass is 9.94. The summed E-state index contributed by atoms with van der Waals surface area (Å²) in [6, 6.07) is 1.20. The Morgan fingerprint density at radius 1 is 1.33 bits per heavy atom. The van der Waals surface area contributed by atoms with Crippen molar-refractivity contribution >= 4 is 5.91 Å². The summed E-state index contributed by atoms with van der Waals surface area (Å²) in [4.78, 5) is 16.7. The van der Waals surface area contributed by atoms with Gasteiger partial charge in [0.25, 0.3) is 0 Å². The largest absolute Gasteiger partial charge is 0.339 e. The number of nitrogens with one attached hydrogen (secondary N) is 1. The van der Waals surface area contributed by atoms with Crippen LogP contribution in [0.3, 0.4) is 0 Å². The molecule has 3 fully saturated rings. The molecule has 2 atom stereocenters. The molecule has 1 aliphatic carbocycles. The number of rotatable bonds is 4. The van der Waals surface area contributed by atoms with Gasteiger partial charge in [-0.3, -0.25) is 9.69 Å². The number of nitrogens with zero attached hydrogens (tertiary/aromatic N) is 2. The topological polar surface area (TPSA) is 35.6 Å². The van der Waals surface area contributed by atoms with Crippen LogP contribution in [0, 0.1) is 5.92 Å². The minimum Gasteiger partial charge on any atom is -0.339 e. The summed E-state index contributed by atoms with van der Waals surface area (Å²) in [5.74, 6) is 1.13. The fraction of sp³-hybridized carbons (Fsp3) is 0.929. The molecule has 3 rings (SSSR count). The lowest BCUT2D eigenvalue weighted by Crippen LogP contribution is -2.42. The highest BCUT2D eigenvalue weighted by molar-refractivity contribution is 5.79. The first-order valence-corrected chi connectivity index (χ1v) is 7.53. The van der Waals surface area contributed by atoms with Crippen LogP contribution in [0.5, 0.6) is 0 Å². The number of piperidine rings is 1. The van der Waals surface area contributed by atoms with E-state index in [9.17, 15) is 4.79 Å². The van der Waals surface area contributed by atoms with E-state index in [4.69, 9.17) is 0 Å². The maximum absolute atomic E-state index is 12.3. The first-order chi connectivity index (χ1) is 8.78. The monoisotopic (exact) mass is 251 g/mol. The summed E-state index contributed by atoms with van der Waals surface area (Å²) in [6.45, 7) is 6.96. The molecule has 102 valence electrons. The number of carbonyl (C=O) groups is 1. The van der Waals surface area contributed by atoms with Crippen molar-refractivity contribution in [2.75, 3.05) is 32.7 Å². The van der Waals surface area contributed by atoms with Gasteiger partial charge in [-0.05, 0) is 45.1 Å². The van der Waals surface area contributed by atoms with Crippen LogP contribution in [0.15, 0.2) is 0 Å². The minimum atomic E-state index is 0.346. The van der Waals surface area contributed by atoms with Crippen molar-refractivity contribution in [1.82, 2.24) is 15.1 Å². The number of amides is 1. The normalized spacial score (nSPS) is 32.3. The Labute approximate surface area is 110 Å². The molecular weight excluding hydrogens is 226 g/mol. The summed E-state index contributed by atoms with van der Waals surface area (Å²) < 4.78 is 0. The van der Waals surface area contributed by atoms with Crippen molar-refractivity contribution in [2.45, 2.75) is 44.7 Å². The Bertz CT molecular complexity index is 302. The molecule has 0 aromatic carbocycles.